The average molecular weight is 284 g/mol. The Morgan fingerprint density at radius 3 is 2.65 bits per heavy atom. The van der Waals surface area contributed by atoms with E-state index in [1.165, 1.54) is 0 Å². The molecular formula is C15H28N2O3. The van der Waals surface area contributed by atoms with Gasteiger partial charge in [-0.25, -0.2) is 0 Å². The molecule has 1 rings (SSSR count). The monoisotopic (exact) mass is 284 g/mol. The molecule has 1 atom stereocenters. The Bertz CT molecular complexity index is 344. The molecule has 1 unspecified atom stereocenters. The minimum atomic E-state index is -0.829. The van der Waals surface area contributed by atoms with Crippen molar-refractivity contribution in [1.82, 2.24) is 10.2 Å². The van der Waals surface area contributed by atoms with E-state index >= 15 is 0 Å². The zero-order valence-corrected chi connectivity index (χ0v) is 12.9. The Kier molecular flexibility index (Phi) is 6.46. The van der Waals surface area contributed by atoms with Crippen LogP contribution in [0.4, 0.5) is 0 Å². The first-order valence-electron chi connectivity index (χ1n) is 7.67. The maximum atomic E-state index is 11.9. The minimum absolute atomic E-state index is 0.0609. The molecule has 20 heavy (non-hydrogen) atoms. The van der Waals surface area contributed by atoms with Crippen molar-refractivity contribution in [3.05, 3.63) is 0 Å². The fourth-order valence-electron chi connectivity index (χ4n) is 2.94. The number of hydrogen-bond donors (Lipinski definition) is 2. The van der Waals surface area contributed by atoms with E-state index in [-0.39, 0.29) is 12.5 Å². The quantitative estimate of drug-likeness (QED) is 0.714. The van der Waals surface area contributed by atoms with Gasteiger partial charge in [-0.15, -0.1) is 0 Å². The van der Waals surface area contributed by atoms with Crippen molar-refractivity contribution in [2.75, 3.05) is 19.6 Å². The summed E-state index contributed by atoms with van der Waals surface area (Å²) in [4.78, 5) is 25.4. The summed E-state index contributed by atoms with van der Waals surface area (Å²) < 4.78 is 0. The van der Waals surface area contributed by atoms with Gasteiger partial charge < -0.3 is 10.4 Å². The molecule has 116 valence electrons. The lowest BCUT2D eigenvalue weighted by molar-refractivity contribution is -0.151. The number of aliphatic carboxylic acids is 1. The summed E-state index contributed by atoms with van der Waals surface area (Å²) >= 11 is 0. The normalized spacial score (nSPS) is 23.2. The van der Waals surface area contributed by atoms with E-state index in [2.05, 4.69) is 19.2 Å². The second kappa shape index (κ2) is 7.62. The van der Waals surface area contributed by atoms with Gasteiger partial charge >= 0.3 is 5.97 Å². The highest BCUT2D eigenvalue weighted by Crippen LogP contribution is 2.33. The molecule has 1 amide bonds. The lowest BCUT2D eigenvalue weighted by Crippen LogP contribution is -2.53. The van der Waals surface area contributed by atoms with Crippen molar-refractivity contribution in [1.29, 1.82) is 0 Å². The van der Waals surface area contributed by atoms with Crippen LogP contribution in [0, 0.1) is 5.92 Å². The second-order valence-electron chi connectivity index (χ2n) is 6.14. The van der Waals surface area contributed by atoms with Gasteiger partial charge in [-0.05, 0) is 38.1 Å². The molecule has 0 spiro atoms. The third-order valence-electron chi connectivity index (χ3n) is 4.06. The van der Waals surface area contributed by atoms with Crippen LogP contribution in [0.3, 0.4) is 0 Å². The lowest BCUT2D eigenvalue weighted by atomic mass is 9.90. The van der Waals surface area contributed by atoms with E-state index in [1.54, 1.807) is 0 Å². The summed E-state index contributed by atoms with van der Waals surface area (Å²) in [6, 6.07) is 0. The standard InChI is InChI=1S/C15H28N2O3/c1-4-7-15(14(19)20)8-5-10-17(15)11-13(18)16-9-6-12(2)3/h12H,4-11H2,1-3H3,(H,16,18)(H,19,20). The van der Waals surface area contributed by atoms with Gasteiger partial charge in [0.05, 0.1) is 6.54 Å². The zero-order valence-electron chi connectivity index (χ0n) is 12.9. The third kappa shape index (κ3) is 4.20. The van der Waals surface area contributed by atoms with E-state index in [1.807, 2.05) is 11.8 Å². The van der Waals surface area contributed by atoms with Crippen LogP contribution in [0.1, 0.15) is 52.9 Å². The molecule has 1 saturated heterocycles. The van der Waals surface area contributed by atoms with Gasteiger partial charge in [-0.2, -0.15) is 0 Å². The molecule has 0 aliphatic carbocycles. The van der Waals surface area contributed by atoms with Crippen molar-refractivity contribution >= 4 is 11.9 Å². The summed E-state index contributed by atoms with van der Waals surface area (Å²) in [5, 5.41) is 12.4. The van der Waals surface area contributed by atoms with Crippen LogP contribution in [0.15, 0.2) is 0 Å². The molecule has 1 aliphatic rings. The lowest BCUT2D eigenvalue weighted by Gasteiger charge is -2.34. The predicted molar refractivity (Wildman–Crippen MR) is 78.5 cm³/mol. The van der Waals surface area contributed by atoms with Crippen molar-refractivity contribution in [3.63, 3.8) is 0 Å². The number of likely N-dealkylation sites (tertiary alicyclic amines) is 1. The highest BCUT2D eigenvalue weighted by Gasteiger charge is 2.47. The van der Waals surface area contributed by atoms with Gasteiger partial charge in [0.1, 0.15) is 5.54 Å². The number of rotatable bonds is 8. The molecule has 1 heterocycles. The largest absolute Gasteiger partial charge is 0.480 e. The summed E-state index contributed by atoms with van der Waals surface area (Å²) in [7, 11) is 0. The molecule has 0 aromatic heterocycles. The van der Waals surface area contributed by atoms with Crippen molar-refractivity contribution < 1.29 is 14.7 Å². The Labute approximate surface area is 121 Å². The van der Waals surface area contributed by atoms with Crippen LogP contribution < -0.4 is 5.32 Å². The van der Waals surface area contributed by atoms with Gasteiger partial charge in [-0.1, -0.05) is 27.2 Å². The van der Waals surface area contributed by atoms with Crippen molar-refractivity contribution in [3.8, 4) is 0 Å². The van der Waals surface area contributed by atoms with Crippen LogP contribution in [-0.4, -0.2) is 47.1 Å². The Morgan fingerprint density at radius 2 is 2.10 bits per heavy atom. The number of nitrogens with zero attached hydrogens (tertiary/aromatic N) is 1. The van der Waals surface area contributed by atoms with Crippen LogP contribution in [0.5, 0.6) is 0 Å². The third-order valence-corrected chi connectivity index (χ3v) is 4.06. The van der Waals surface area contributed by atoms with Gasteiger partial charge in [0.15, 0.2) is 0 Å². The van der Waals surface area contributed by atoms with Crippen LogP contribution in [0.25, 0.3) is 0 Å². The first-order chi connectivity index (χ1) is 9.42. The Balaban J connectivity index is 2.56. The Hall–Kier alpha value is -1.10. The minimum Gasteiger partial charge on any atom is -0.480 e. The summed E-state index contributed by atoms with van der Waals surface area (Å²) in [5.74, 6) is -0.290. The van der Waals surface area contributed by atoms with Gasteiger partial charge in [0.2, 0.25) is 5.91 Å². The average Bonchev–Trinajstić information content (AvgIpc) is 2.73. The smallest absolute Gasteiger partial charge is 0.324 e. The van der Waals surface area contributed by atoms with E-state index < -0.39 is 11.5 Å². The number of carbonyl (C=O) groups is 2. The zero-order chi connectivity index (χ0) is 15.2. The number of carboxylic acids is 1. The number of carboxylic acid groups (broad SMARTS) is 1. The maximum absolute atomic E-state index is 11.9. The molecule has 0 bridgehead atoms. The molecule has 2 N–H and O–H groups in total. The fourth-order valence-corrected chi connectivity index (χ4v) is 2.94. The van der Waals surface area contributed by atoms with Crippen LogP contribution >= 0.6 is 0 Å². The maximum Gasteiger partial charge on any atom is 0.324 e. The van der Waals surface area contributed by atoms with Gasteiger partial charge in [0, 0.05) is 6.54 Å². The predicted octanol–water partition coefficient (Wildman–Crippen LogP) is 1.87. The van der Waals surface area contributed by atoms with Crippen molar-refractivity contribution in [2.45, 2.75) is 58.4 Å². The topological polar surface area (TPSA) is 69.6 Å². The van der Waals surface area contributed by atoms with Crippen molar-refractivity contribution in [2.24, 2.45) is 5.92 Å². The molecule has 5 heteroatoms. The molecular weight excluding hydrogens is 256 g/mol. The van der Waals surface area contributed by atoms with Gasteiger partial charge in [-0.3, -0.25) is 14.5 Å². The molecule has 1 aliphatic heterocycles. The summed E-state index contributed by atoms with van der Waals surface area (Å²) in [6.07, 6.45) is 3.88. The summed E-state index contributed by atoms with van der Waals surface area (Å²) in [5.41, 5.74) is -0.829. The van der Waals surface area contributed by atoms with E-state index in [0.29, 0.717) is 31.8 Å². The molecule has 0 aromatic carbocycles. The van der Waals surface area contributed by atoms with Crippen LogP contribution in [0.2, 0.25) is 0 Å². The molecule has 0 aromatic rings. The number of amides is 1. The number of hydrogen-bond acceptors (Lipinski definition) is 3. The first kappa shape index (κ1) is 17.0. The Morgan fingerprint density at radius 1 is 1.40 bits per heavy atom. The molecule has 5 nitrogen and oxygen atoms in total. The number of nitrogens with one attached hydrogen (secondary N) is 1. The van der Waals surface area contributed by atoms with Gasteiger partial charge in [0.25, 0.3) is 0 Å². The van der Waals surface area contributed by atoms with E-state index in [4.69, 9.17) is 0 Å². The highest BCUT2D eigenvalue weighted by atomic mass is 16.4. The second-order valence-corrected chi connectivity index (χ2v) is 6.14. The summed E-state index contributed by atoms with van der Waals surface area (Å²) in [6.45, 7) is 7.78. The van der Waals surface area contributed by atoms with E-state index in [0.717, 1.165) is 19.3 Å². The molecule has 0 saturated carbocycles. The number of carbonyl (C=O) groups excluding carboxylic acids is 1. The molecule has 0 radical (unpaired) electrons. The first-order valence-corrected chi connectivity index (χ1v) is 7.67. The molecule has 1 fully saturated rings. The SMILES string of the molecule is CCCC1(C(=O)O)CCCN1CC(=O)NCCC(C)C. The highest BCUT2D eigenvalue weighted by molar-refractivity contribution is 5.82. The van der Waals surface area contributed by atoms with Crippen LogP contribution in [-0.2, 0) is 9.59 Å². The fraction of sp³-hybridized carbons (Fsp3) is 0.867. The van der Waals surface area contributed by atoms with E-state index in [9.17, 15) is 14.7 Å².